The zero-order valence-corrected chi connectivity index (χ0v) is 36.6. The van der Waals surface area contributed by atoms with Crippen LogP contribution in [-0.4, -0.2) is 59.6 Å². The summed E-state index contributed by atoms with van der Waals surface area (Å²) < 4.78 is 103. The summed E-state index contributed by atoms with van der Waals surface area (Å²) in [6, 6.07) is 9.73. The number of aromatic hydroxyl groups is 1. The van der Waals surface area contributed by atoms with E-state index in [4.69, 9.17) is 9.92 Å². The van der Waals surface area contributed by atoms with Gasteiger partial charge in [0.05, 0.1) is 50.8 Å². The molecule has 29 heteroatoms. The normalized spacial score (nSPS) is 12.0. The molecule has 0 amide bonds. The van der Waals surface area contributed by atoms with Gasteiger partial charge in [-0.25, -0.2) is 25.3 Å². The molecule has 0 saturated heterocycles. The van der Waals surface area contributed by atoms with Gasteiger partial charge in [-0.1, -0.05) is 0 Å². The number of phenols is 1. The SMILES string of the molecule is Nc1cc(O)c(N=Nc2ccc(S(=O)(=O)CCOSOO[O-])cc2S(=O)(=O)[O-])cc1N=Nc1ccc(S(=O)(=O)CCOSOO[O-])cc1.[Na+].[Na+].[Na+]. The smallest absolute Gasteiger partial charge is 0.744 e. The van der Waals surface area contributed by atoms with Crippen molar-refractivity contribution in [1.82, 2.24) is 0 Å². The fourth-order valence-electron chi connectivity index (χ4n) is 3.31. The zero-order valence-electron chi connectivity index (χ0n) is 26.5. The van der Waals surface area contributed by atoms with E-state index in [9.17, 15) is 45.4 Å². The Morgan fingerprint density at radius 1 is 0.667 bits per heavy atom. The van der Waals surface area contributed by atoms with Gasteiger partial charge in [-0.3, -0.25) is 18.4 Å². The molecule has 0 aliphatic heterocycles. The Labute approximate surface area is 365 Å². The second-order valence-electron chi connectivity index (χ2n) is 8.57. The fourth-order valence-corrected chi connectivity index (χ4v) is 6.86. The van der Waals surface area contributed by atoms with E-state index in [-0.39, 0.29) is 148 Å². The maximum Gasteiger partial charge on any atom is 1.00 e. The second kappa shape index (κ2) is 24.2. The molecule has 3 rings (SSSR count). The van der Waals surface area contributed by atoms with Crippen molar-refractivity contribution in [2.75, 3.05) is 30.5 Å². The summed E-state index contributed by atoms with van der Waals surface area (Å²) in [7, 11) is -13.3. The van der Waals surface area contributed by atoms with E-state index in [1.807, 2.05) is 0 Å². The first-order chi connectivity index (χ1) is 22.7. The predicted octanol–water partition coefficient (Wildman–Crippen LogP) is -7.12. The minimum atomic E-state index is -5.29. The standard InChI is InChI=1S/C22H23N5O16S5.3Na/c23-17-12-21(28)20(13-19(17)26-24-14-1-3-15(4-2-14)46(31,32)9-7-38-44-42-40-29)27-25-18-6-5-16(11-22(18)48(35,36)37)47(33,34)10-8-39-45-43-41-30;;;/h1-6,11-13,28-30H,7-10,23H2,(H,35,36,37);;;/q;3*+1/p-3. The van der Waals surface area contributed by atoms with Crippen LogP contribution in [0.2, 0.25) is 0 Å². The van der Waals surface area contributed by atoms with Gasteiger partial charge in [-0.05, 0) is 48.5 Å². The molecule has 0 bridgehead atoms. The zero-order chi connectivity index (χ0) is 35.4. The number of nitrogen functional groups attached to an aromatic ring is 1. The number of rotatable bonds is 19. The molecule has 0 heterocycles. The molecular formula is C22H20N5Na3O16S5. The van der Waals surface area contributed by atoms with Crippen LogP contribution in [0, 0.1) is 0 Å². The Morgan fingerprint density at radius 2 is 1.16 bits per heavy atom. The molecule has 0 aliphatic rings. The van der Waals surface area contributed by atoms with Gasteiger partial charge in [0.25, 0.3) is 0 Å². The second-order valence-corrected chi connectivity index (χ2v) is 15.1. The van der Waals surface area contributed by atoms with Crippen LogP contribution in [0.1, 0.15) is 0 Å². The van der Waals surface area contributed by atoms with E-state index in [2.05, 4.69) is 43.4 Å². The van der Waals surface area contributed by atoms with E-state index in [0.717, 1.165) is 24.3 Å². The third-order valence-electron chi connectivity index (χ3n) is 5.50. The molecule has 0 saturated carbocycles. The van der Waals surface area contributed by atoms with Crippen molar-refractivity contribution in [3.05, 3.63) is 54.6 Å². The summed E-state index contributed by atoms with van der Waals surface area (Å²) in [6.45, 7) is -0.817. The minimum Gasteiger partial charge on any atom is -0.744 e. The molecule has 0 unspecified atom stereocenters. The summed E-state index contributed by atoms with van der Waals surface area (Å²) >= 11 is 0.233. The summed E-state index contributed by atoms with van der Waals surface area (Å²) in [5.41, 5.74) is 5.07. The summed E-state index contributed by atoms with van der Waals surface area (Å²) in [5.74, 6) is -1.68. The van der Waals surface area contributed by atoms with Crippen LogP contribution in [0.5, 0.6) is 5.75 Å². The number of hydrogen-bond acceptors (Lipinski definition) is 23. The summed E-state index contributed by atoms with van der Waals surface area (Å²) in [6.07, 6.45) is 0. The summed E-state index contributed by atoms with van der Waals surface area (Å²) in [5, 5.41) is 51.1. The molecule has 3 N–H and O–H groups in total. The van der Waals surface area contributed by atoms with Gasteiger partial charge >= 0.3 is 88.7 Å². The Morgan fingerprint density at radius 3 is 1.69 bits per heavy atom. The quantitative estimate of drug-likeness (QED) is 0.0166. The van der Waals surface area contributed by atoms with E-state index in [1.54, 1.807) is 0 Å². The fraction of sp³-hybridized carbons (Fsp3) is 0.182. The number of anilines is 1. The van der Waals surface area contributed by atoms with Gasteiger partial charge in [0.15, 0.2) is 44.3 Å². The molecule has 0 fully saturated rings. The number of azo groups is 2. The Balaban J connectivity index is 0.00000833. The van der Waals surface area contributed by atoms with Gasteiger partial charge in [0.1, 0.15) is 32.9 Å². The van der Waals surface area contributed by atoms with Gasteiger partial charge in [0, 0.05) is 6.07 Å². The summed E-state index contributed by atoms with van der Waals surface area (Å²) in [4.78, 5) is -1.68. The van der Waals surface area contributed by atoms with E-state index in [1.165, 1.54) is 24.3 Å². The van der Waals surface area contributed by atoms with Crippen LogP contribution < -0.4 is 105 Å². The number of nitrogens with two attached hydrogens (primary N) is 1. The number of nitrogens with zero attached hydrogens (tertiary/aromatic N) is 4. The molecule has 21 nitrogen and oxygen atoms in total. The number of hydrogen-bond donors (Lipinski definition) is 2. The first-order valence-corrected chi connectivity index (χ1v) is 18.3. The van der Waals surface area contributed by atoms with Crippen LogP contribution in [0.15, 0.2) is 89.7 Å². The molecule has 262 valence electrons. The van der Waals surface area contributed by atoms with Crippen LogP contribution in [0.4, 0.5) is 28.4 Å². The maximum atomic E-state index is 12.6. The van der Waals surface area contributed by atoms with E-state index in [0.29, 0.717) is 6.07 Å². The first-order valence-electron chi connectivity index (χ1n) is 12.3. The van der Waals surface area contributed by atoms with Gasteiger partial charge in [-0.2, -0.15) is 5.11 Å². The number of phenolic OH excluding ortho intramolecular Hbond substituents is 1. The molecule has 3 aromatic carbocycles. The van der Waals surface area contributed by atoms with Crippen molar-refractivity contribution in [1.29, 1.82) is 0 Å². The predicted molar refractivity (Wildman–Crippen MR) is 157 cm³/mol. The Kier molecular flexibility index (Phi) is 24.1. The van der Waals surface area contributed by atoms with E-state index < -0.39 is 69.1 Å². The average Bonchev–Trinajstić information content (AvgIpc) is 3.03. The molecule has 0 aromatic heterocycles. The molecular weight excluding hydrogens is 820 g/mol. The van der Waals surface area contributed by atoms with Crippen molar-refractivity contribution in [2.24, 2.45) is 20.5 Å². The van der Waals surface area contributed by atoms with Crippen LogP contribution >= 0.6 is 24.6 Å². The molecule has 0 spiro atoms. The first kappa shape index (κ1) is 50.6. The molecule has 51 heavy (non-hydrogen) atoms. The molecule has 0 aliphatic carbocycles. The van der Waals surface area contributed by atoms with Crippen LogP contribution in [-0.2, 0) is 56.9 Å². The third kappa shape index (κ3) is 16.5. The van der Waals surface area contributed by atoms with Crippen LogP contribution in [0.25, 0.3) is 0 Å². The van der Waals surface area contributed by atoms with Gasteiger partial charge < -0.3 is 25.9 Å². The monoisotopic (exact) mass is 839 g/mol. The third-order valence-corrected chi connectivity index (χ3v) is 10.5. The van der Waals surface area contributed by atoms with Crippen LogP contribution in [0.3, 0.4) is 0 Å². The number of sulfone groups is 2. The molecule has 3 aromatic rings. The topological polar surface area (TPSA) is 323 Å². The largest absolute Gasteiger partial charge is 1.00 e. The van der Waals surface area contributed by atoms with Gasteiger partial charge in [0.2, 0.25) is 0 Å². The van der Waals surface area contributed by atoms with Gasteiger partial charge in [-0.15, -0.1) is 24.0 Å². The van der Waals surface area contributed by atoms with E-state index >= 15 is 0 Å². The molecule has 0 atom stereocenters. The van der Waals surface area contributed by atoms with Crippen molar-refractivity contribution in [3.63, 3.8) is 0 Å². The minimum absolute atomic E-state index is 0. The number of benzene rings is 3. The molecule has 0 radical (unpaired) electrons. The van der Waals surface area contributed by atoms with Crippen molar-refractivity contribution >= 4 is 82.9 Å². The Hall–Kier alpha value is -0.350. The average molecular weight is 840 g/mol. The van der Waals surface area contributed by atoms with Crippen molar-refractivity contribution < 1.29 is 161 Å². The maximum absolute atomic E-state index is 12.6. The van der Waals surface area contributed by atoms with Crippen molar-refractivity contribution in [2.45, 2.75) is 14.7 Å². The van der Waals surface area contributed by atoms with Crippen molar-refractivity contribution in [3.8, 4) is 5.75 Å². The Bertz CT molecular complexity index is 1960.